The van der Waals surface area contributed by atoms with Crippen LogP contribution in [0.2, 0.25) is 0 Å². The Morgan fingerprint density at radius 2 is 1.75 bits per heavy atom. The molecule has 0 heterocycles. The third-order valence-corrected chi connectivity index (χ3v) is 5.79. The second-order valence-corrected chi connectivity index (χ2v) is 7.63. The molecule has 0 spiro atoms. The predicted octanol–water partition coefficient (Wildman–Crippen LogP) is 2.63. The van der Waals surface area contributed by atoms with Crippen LogP contribution >= 0.6 is 0 Å². The minimum atomic E-state index is -3.02. The van der Waals surface area contributed by atoms with E-state index in [9.17, 15) is 8.42 Å². The van der Waals surface area contributed by atoms with Gasteiger partial charge in [-0.25, -0.2) is 12.7 Å². The molecule has 1 fully saturated rings. The van der Waals surface area contributed by atoms with Crippen molar-refractivity contribution in [2.24, 2.45) is 5.92 Å². The summed E-state index contributed by atoms with van der Waals surface area (Å²) in [6, 6.07) is 0. The highest BCUT2D eigenvalue weighted by Gasteiger charge is 2.30. The van der Waals surface area contributed by atoms with Crippen molar-refractivity contribution in [3.05, 3.63) is 0 Å². The van der Waals surface area contributed by atoms with Crippen LogP contribution in [0.25, 0.3) is 0 Å². The van der Waals surface area contributed by atoms with E-state index >= 15 is 0 Å². The van der Waals surface area contributed by atoms with E-state index in [-0.39, 0.29) is 5.25 Å². The summed E-state index contributed by atoms with van der Waals surface area (Å²) >= 11 is 0. The molecule has 1 saturated carbocycles. The molecule has 0 unspecified atom stereocenters. The maximum atomic E-state index is 12.2. The van der Waals surface area contributed by atoms with E-state index < -0.39 is 10.0 Å². The van der Waals surface area contributed by atoms with Gasteiger partial charge in [0.2, 0.25) is 10.0 Å². The number of hydrogen-bond donors (Lipinski definition) is 0. The van der Waals surface area contributed by atoms with E-state index in [1.807, 2.05) is 0 Å². The van der Waals surface area contributed by atoms with Gasteiger partial charge in [-0.3, -0.25) is 0 Å². The van der Waals surface area contributed by atoms with E-state index in [4.69, 9.17) is 0 Å². The topological polar surface area (TPSA) is 37.4 Å². The zero-order valence-corrected chi connectivity index (χ0v) is 11.6. The highest BCUT2D eigenvalue weighted by Crippen LogP contribution is 2.25. The Morgan fingerprint density at radius 3 is 2.25 bits per heavy atom. The fourth-order valence-corrected chi connectivity index (χ4v) is 3.98. The maximum Gasteiger partial charge on any atom is 0.216 e. The second kappa shape index (κ2) is 6.01. The summed E-state index contributed by atoms with van der Waals surface area (Å²) in [5.41, 5.74) is 0. The number of rotatable bonds is 5. The predicted molar refractivity (Wildman–Crippen MR) is 67.9 cm³/mol. The third kappa shape index (κ3) is 3.74. The first-order valence-corrected chi connectivity index (χ1v) is 7.90. The van der Waals surface area contributed by atoms with Gasteiger partial charge in [0, 0.05) is 13.6 Å². The second-order valence-electron chi connectivity index (χ2n) is 5.31. The molecule has 0 amide bonds. The van der Waals surface area contributed by atoms with Gasteiger partial charge in [0.15, 0.2) is 0 Å². The van der Waals surface area contributed by atoms with Crippen LogP contribution in [0.3, 0.4) is 0 Å². The van der Waals surface area contributed by atoms with Gasteiger partial charge in [0.05, 0.1) is 5.25 Å². The van der Waals surface area contributed by atoms with Crippen LogP contribution in [0.15, 0.2) is 0 Å². The van der Waals surface area contributed by atoms with Crippen LogP contribution in [0.5, 0.6) is 0 Å². The molecule has 0 aromatic carbocycles. The molecule has 0 saturated heterocycles. The quantitative estimate of drug-likeness (QED) is 0.749. The summed E-state index contributed by atoms with van der Waals surface area (Å²) in [7, 11) is -1.30. The average Bonchev–Trinajstić information content (AvgIpc) is 2.27. The van der Waals surface area contributed by atoms with Gasteiger partial charge in [-0.2, -0.15) is 0 Å². The van der Waals surface area contributed by atoms with Crippen LogP contribution in [0, 0.1) is 5.92 Å². The summed E-state index contributed by atoms with van der Waals surface area (Å²) < 4.78 is 26.0. The summed E-state index contributed by atoms with van der Waals surface area (Å²) in [4.78, 5) is 0. The minimum Gasteiger partial charge on any atom is -0.212 e. The van der Waals surface area contributed by atoms with Crippen LogP contribution in [-0.4, -0.2) is 31.6 Å². The molecule has 1 rings (SSSR count). The monoisotopic (exact) mass is 247 g/mol. The van der Waals surface area contributed by atoms with E-state index in [1.165, 1.54) is 6.42 Å². The number of hydrogen-bond acceptors (Lipinski definition) is 2. The zero-order chi connectivity index (χ0) is 12.2. The van der Waals surface area contributed by atoms with E-state index in [0.29, 0.717) is 12.5 Å². The molecule has 1 aliphatic carbocycles. The standard InChI is InChI=1S/C12H25NO2S/c1-11(2)9-10-13(3)16(14,15)12-7-5-4-6-8-12/h11-12H,4-10H2,1-3H3. The van der Waals surface area contributed by atoms with Crippen molar-refractivity contribution in [2.45, 2.75) is 57.6 Å². The Bertz CT molecular complexity index is 292. The van der Waals surface area contributed by atoms with E-state index in [0.717, 1.165) is 32.1 Å². The number of sulfonamides is 1. The molecule has 0 aromatic rings. The zero-order valence-electron chi connectivity index (χ0n) is 10.8. The van der Waals surface area contributed by atoms with Gasteiger partial charge >= 0.3 is 0 Å². The first kappa shape index (κ1) is 14.0. The van der Waals surface area contributed by atoms with Gasteiger partial charge in [0.1, 0.15) is 0 Å². The highest BCUT2D eigenvalue weighted by atomic mass is 32.2. The third-order valence-electron chi connectivity index (χ3n) is 3.43. The van der Waals surface area contributed by atoms with Crippen LogP contribution in [0.4, 0.5) is 0 Å². The lowest BCUT2D eigenvalue weighted by Gasteiger charge is -2.27. The van der Waals surface area contributed by atoms with Crippen molar-refractivity contribution in [3.8, 4) is 0 Å². The molecular weight excluding hydrogens is 222 g/mol. The van der Waals surface area contributed by atoms with Crippen molar-refractivity contribution in [1.82, 2.24) is 4.31 Å². The summed E-state index contributed by atoms with van der Waals surface area (Å²) in [6.07, 6.45) is 6.00. The van der Waals surface area contributed by atoms with Gasteiger partial charge < -0.3 is 0 Å². The normalized spacial score (nSPS) is 19.6. The Hall–Kier alpha value is -0.0900. The Balaban J connectivity index is 2.54. The Morgan fingerprint density at radius 1 is 1.19 bits per heavy atom. The molecule has 96 valence electrons. The van der Waals surface area contributed by atoms with Gasteiger partial charge in [-0.05, 0) is 25.2 Å². The average molecular weight is 247 g/mol. The summed E-state index contributed by atoms with van der Waals surface area (Å²) in [5, 5.41) is -0.113. The van der Waals surface area contributed by atoms with Gasteiger partial charge in [0.25, 0.3) is 0 Å². The van der Waals surface area contributed by atoms with Crippen LogP contribution < -0.4 is 0 Å². The Labute approximate surface area is 100 Å². The molecule has 0 radical (unpaired) electrons. The minimum absolute atomic E-state index is 0.113. The SMILES string of the molecule is CC(C)CCN(C)S(=O)(=O)C1CCCCC1. The molecule has 0 atom stereocenters. The van der Waals surface area contributed by atoms with Crippen LogP contribution in [-0.2, 0) is 10.0 Å². The summed E-state index contributed by atoms with van der Waals surface area (Å²) in [6.45, 7) is 4.92. The van der Waals surface area contributed by atoms with E-state index in [2.05, 4.69) is 13.8 Å². The summed E-state index contributed by atoms with van der Waals surface area (Å²) in [5.74, 6) is 0.559. The molecule has 4 heteroatoms. The van der Waals surface area contributed by atoms with Gasteiger partial charge in [-0.15, -0.1) is 0 Å². The lowest BCUT2D eigenvalue weighted by Crippen LogP contribution is -2.38. The maximum absolute atomic E-state index is 12.2. The van der Waals surface area contributed by atoms with Crippen molar-refractivity contribution in [2.75, 3.05) is 13.6 Å². The van der Waals surface area contributed by atoms with Crippen LogP contribution in [0.1, 0.15) is 52.4 Å². The molecule has 0 N–H and O–H groups in total. The van der Waals surface area contributed by atoms with Crippen molar-refractivity contribution in [1.29, 1.82) is 0 Å². The molecule has 16 heavy (non-hydrogen) atoms. The lowest BCUT2D eigenvalue weighted by molar-refractivity contribution is 0.403. The van der Waals surface area contributed by atoms with E-state index in [1.54, 1.807) is 11.4 Å². The largest absolute Gasteiger partial charge is 0.216 e. The molecule has 0 aliphatic heterocycles. The molecule has 0 aromatic heterocycles. The number of nitrogens with zero attached hydrogens (tertiary/aromatic N) is 1. The lowest BCUT2D eigenvalue weighted by atomic mass is 10.0. The molecule has 1 aliphatic rings. The van der Waals surface area contributed by atoms with Gasteiger partial charge in [-0.1, -0.05) is 33.1 Å². The molecule has 3 nitrogen and oxygen atoms in total. The molecular formula is C12H25NO2S. The Kier molecular flexibility index (Phi) is 5.25. The van der Waals surface area contributed by atoms with Crippen molar-refractivity contribution < 1.29 is 8.42 Å². The fraction of sp³-hybridized carbons (Fsp3) is 1.00. The molecule has 0 bridgehead atoms. The highest BCUT2D eigenvalue weighted by molar-refractivity contribution is 7.89. The van der Waals surface area contributed by atoms with Crippen molar-refractivity contribution >= 4 is 10.0 Å². The fourth-order valence-electron chi connectivity index (χ4n) is 2.18. The smallest absolute Gasteiger partial charge is 0.212 e. The van der Waals surface area contributed by atoms with Crippen molar-refractivity contribution in [3.63, 3.8) is 0 Å². The first-order valence-electron chi connectivity index (χ1n) is 6.39. The first-order chi connectivity index (χ1) is 7.44.